The normalized spacial score (nSPS) is 11.9. The van der Waals surface area contributed by atoms with E-state index in [1.165, 1.54) is 16.5 Å². The summed E-state index contributed by atoms with van der Waals surface area (Å²) in [5, 5.41) is 49.7. The van der Waals surface area contributed by atoms with E-state index in [4.69, 9.17) is 56.6 Å². The van der Waals surface area contributed by atoms with E-state index in [2.05, 4.69) is 36.0 Å². The van der Waals surface area contributed by atoms with Crippen molar-refractivity contribution in [1.29, 1.82) is 5.41 Å². The molecule has 0 aliphatic rings. The van der Waals surface area contributed by atoms with Crippen molar-refractivity contribution >= 4 is 51.7 Å². The summed E-state index contributed by atoms with van der Waals surface area (Å²) in [7, 11) is 4.62. The molecule has 9 aromatic rings. The van der Waals surface area contributed by atoms with Crippen molar-refractivity contribution in [2.45, 2.75) is 20.8 Å². The Balaban J connectivity index is 1.27. The van der Waals surface area contributed by atoms with Gasteiger partial charge in [-0.2, -0.15) is 34.5 Å². The van der Waals surface area contributed by atoms with Gasteiger partial charge in [0.2, 0.25) is 5.95 Å². The van der Waals surface area contributed by atoms with Gasteiger partial charge in [0.05, 0.1) is 27.0 Å². The predicted molar refractivity (Wildman–Crippen MR) is 288 cm³/mol. The Morgan fingerprint density at radius 3 is 1.31 bits per heavy atom. The molecule has 21 heteroatoms. The van der Waals surface area contributed by atoms with E-state index in [0.717, 1.165) is 16.7 Å². The number of methoxy groups -OCH3 is 3. The van der Waals surface area contributed by atoms with Gasteiger partial charge in [-0.15, -0.1) is 30.7 Å². The molecule has 0 aliphatic carbocycles. The lowest BCUT2D eigenvalue weighted by atomic mass is 10.1. The molecule has 0 spiro atoms. The second-order valence-electron chi connectivity index (χ2n) is 16.7. The van der Waals surface area contributed by atoms with E-state index in [0.29, 0.717) is 62.4 Å². The second kappa shape index (κ2) is 21.9. The molecule has 9 rings (SSSR count). The predicted octanol–water partition coefficient (Wildman–Crippen LogP) is 11.9. The highest BCUT2D eigenvalue weighted by molar-refractivity contribution is 6.11. The first-order valence-electron chi connectivity index (χ1n) is 23.2. The first kappa shape index (κ1) is 49.5. The van der Waals surface area contributed by atoms with Crippen LogP contribution < -0.4 is 36.7 Å². The number of hydrogen-bond donors (Lipinski definition) is 5. The molecule has 21 nitrogen and oxygen atoms in total. The fraction of sp³-hybridized carbons (Fsp3) is 0.111. The summed E-state index contributed by atoms with van der Waals surface area (Å²) < 4.78 is 19.2. The molecule has 0 atom stereocenters. The molecular weight excluding hydrogens is 949 g/mol. The van der Waals surface area contributed by atoms with Gasteiger partial charge in [0, 0.05) is 16.7 Å². The van der Waals surface area contributed by atoms with Gasteiger partial charge in [-0.25, -0.2) is 0 Å². The molecule has 0 saturated heterocycles. The van der Waals surface area contributed by atoms with Crippen LogP contribution in [0.3, 0.4) is 0 Å². The number of nitrogen functional groups attached to an aromatic ring is 2. The molecule has 0 unspecified atom stereocenters. The van der Waals surface area contributed by atoms with E-state index < -0.39 is 0 Å². The van der Waals surface area contributed by atoms with Crippen LogP contribution in [-0.4, -0.2) is 61.6 Å². The summed E-state index contributed by atoms with van der Waals surface area (Å²) in [5.41, 5.74) is 28.1. The maximum atomic E-state index is 9.39. The third-order valence-corrected chi connectivity index (χ3v) is 11.5. The maximum Gasteiger partial charge on any atom is 0.259 e. The van der Waals surface area contributed by atoms with Crippen molar-refractivity contribution in [3.05, 3.63) is 179 Å². The number of nitrogens with zero attached hydrogens (tertiary/aromatic N) is 13. The molecule has 0 bridgehead atoms. The van der Waals surface area contributed by atoms with Crippen LogP contribution in [0.4, 0.5) is 46.0 Å². The van der Waals surface area contributed by atoms with E-state index in [1.54, 1.807) is 74.9 Å². The number of ether oxygens (including phenoxy) is 3. The van der Waals surface area contributed by atoms with Gasteiger partial charge in [0.25, 0.3) is 11.9 Å². The van der Waals surface area contributed by atoms with Crippen molar-refractivity contribution in [3.8, 4) is 51.7 Å². The molecule has 0 aliphatic heterocycles. The standard InChI is InChI=1S/C54H50N18O3/c1-31-19-25-34(26-20-31)43(55)46(66-63-37-13-7-10-16-40(37)73-4)49(56)59-52-60-53(71-50(57)47(44(69-71)35-27-21-32(2)22-28-35)67-64-38-14-8-11-17-41(38)74-5)62-54(61-52)72-51(58)48(45(70-72)36-29-23-33(3)24-30-36)68-65-39-15-9-12-18-42(39)75-6/h7-30,55H,56-58H2,1-6H3,(H,59,60,61,62)/b49-46+,55-43?,66-63?,67-64?,68-65?. The fourth-order valence-corrected chi connectivity index (χ4v) is 7.48. The van der Waals surface area contributed by atoms with Crippen LogP contribution in [0.5, 0.6) is 17.2 Å². The average molecular weight is 999 g/mol. The van der Waals surface area contributed by atoms with Crippen LogP contribution in [-0.2, 0) is 0 Å². The Kier molecular flexibility index (Phi) is 14.5. The van der Waals surface area contributed by atoms with Gasteiger partial charge in [0.15, 0.2) is 28.7 Å². The van der Waals surface area contributed by atoms with Gasteiger partial charge < -0.3 is 36.7 Å². The van der Waals surface area contributed by atoms with Crippen molar-refractivity contribution in [2.24, 2.45) is 36.4 Å². The number of rotatable bonds is 17. The van der Waals surface area contributed by atoms with Gasteiger partial charge in [0.1, 0.15) is 51.5 Å². The number of hydrogen-bond acceptors (Lipinski definition) is 19. The van der Waals surface area contributed by atoms with Crippen molar-refractivity contribution in [1.82, 2.24) is 34.5 Å². The van der Waals surface area contributed by atoms with Gasteiger partial charge >= 0.3 is 0 Å². The monoisotopic (exact) mass is 998 g/mol. The second-order valence-corrected chi connectivity index (χ2v) is 16.7. The van der Waals surface area contributed by atoms with Crippen molar-refractivity contribution < 1.29 is 14.2 Å². The number of allylic oxidation sites excluding steroid dienone is 1. The summed E-state index contributed by atoms with van der Waals surface area (Å²) in [6, 6.07) is 44.0. The number of para-hydroxylation sites is 3. The van der Waals surface area contributed by atoms with E-state index in [-0.39, 0.29) is 58.1 Å². The molecule has 3 heterocycles. The Morgan fingerprint density at radius 2 is 0.893 bits per heavy atom. The highest BCUT2D eigenvalue weighted by Crippen LogP contribution is 2.41. The first-order chi connectivity index (χ1) is 36.4. The summed E-state index contributed by atoms with van der Waals surface area (Å²) in [5.74, 6) is 0.857. The number of aromatic nitrogens is 7. The maximum absolute atomic E-state index is 9.39. The van der Waals surface area contributed by atoms with Crippen LogP contribution >= 0.6 is 0 Å². The van der Waals surface area contributed by atoms with Crippen LogP contribution in [0.1, 0.15) is 22.3 Å². The summed E-state index contributed by atoms with van der Waals surface area (Å²) in [4.78, 5) is 14.5. The third-order valence-electron chi connectivity index (χ3n) is 11.5. The lowest BCUT2D eigenvalue weighted by Gasteiger charge is -2.13. The number of nitrogens with one attached hydrogen (secondary N) is 2. The quantitative estimate of drug-likeness (QED) is 0.0420. The lowest BCUT2D eigenvalue weighted by molar-refractivity contribution is 0.415. The summed E-state index contributed by atoms with van der Waals surface area (Å²) >= 11 is 0. The van der Waals surface area contributed by atoms with E-state index in [1.807, 2.05) is 106 Å². The molecule has 3 aromatic heterocycles. The average Bonchev–Trinajstić information content (AvgIpc) is 3.95. The lowest BCUT2D eigenvalue weighted by Crippen LogP contribution is -2.20. The minimum absolute atomic E-state index is 0.00311. The molecule has 6 aromatic carbocycles. The summed E-state index contributed by atoms with van der Waals surface area (Å²) in [6.45, 7) is 5.90. The Bertz CT molecular complexity index is 3510. The molecule has 0 radical (unpaired) electrons. The molecular formula is C54H50N18O3. The highest BCUT2D eigenvalue weighted by atomic mass is 16.5. The zero-order valence-corrected chi connectivity index (χ0v) is 41.6. The molecule has 0 amide bonds. The summed E-state index contributed by atoms with van der Waals surface area (Å²) in [6.07, 6.45) is 0. The molecule has 0 saturated carbocycles. The molecule has 374 valence electrons. The number of anilines is 3. The van der Waals surface area contributed by atoms with Crippen LogP contribution in [0.25, 0.3) is 34.4 Å². The number of aryl methyl sites for hydroxylation is 3. The number of nitrogens with two attached hydrogens (primary N) is 3. The van der Waals surface area contributed by atoms with Crippen LogP contribution in [0.15, 0.2) is 188 Å². The Morgan fingerprint density at radius 1 is 0.507 bits per heavy atom. The van der Waals surface area contributed by atoms with Gasteiger partial charge in [-0.3, -0.25) is 5.41 Å². The molecule has 8 N–H and O–H groups in total. The van der Waals surface area contributed by atoms with Gasteiger partial charge in [-0.05, 0) is 57.2 Å². The molecule has 0 fully saturated rings. The zero-order valence-electron chi connectivity index (χ0n) is 41.6. The minimum atomic E-state index is -0.165. The smallest absolute Gasteiger partial charge is 0.259 e. The van der Waals surface area contributed by atoms with Crippen LogP contribution in [0.2, 0.25) is 0 Å². The minimum Gasteiger partial charge on any atom is -0.494 e. The topological polar surface area (TPSA) is 290 Å². The SMILES string of the molecule is COc1ccccc1N=N/C(C(=N)c1ccc(C)cc1)=C(\N)Nc1nc(-n2nc(-c3ccc(C)cc3)c(N=Nc3ccccc3OC)c2N)nc(-n2nc(-c3ccc(C)cc3)c(N=Nc3ccccc3OC)c2N)n1. The third kappa shape index (κ3) is 10.8. The number of azo groups is 3. The largest absolute Gasteiger partial charge is 0.494 e. The first-order valence-corrected chi connectivity index (χ1v) is 23.2. The zero-order chi connectivity index (χ0) is 52.6. The Labute approximate surface area is 430 Å². The van der Waals surface area contributed by atoms with Crippen molar-refractivity contribution in [3.63, 3.8) is 0 Å². The fourth-order valence-electron chi connectivity index (χ4n) is 7.48. The molecule has 75 heavy (non-hydrogen) atoms. The highest BCUT2D eigenvalue weighted by Gasteiger charge is 2.26. The van der Waals surface area contributed by atoms with E-state index in [9.17, 15) is 5.41 Å². The van der Waals surface area contributed by atoms with Gasteiger partial charge in [-0.1, -0.05) is 126 Å². The van der Waals surface area contributed by atoms with Crippen LogP contribution in [0, 0.1) is 26.2 Å². The van der Waals surface area contributed by atoms with E-state index >= 15 is 0 Å². The van der Waals surface area contributed by atoms with Crippen molar-refractivity contribution in [2.75, 3.05) is 38.1 Å². The number of benzene rings is 6. The Hall–Kier alpha value is -10.4.